The summed E-state index contributed by atoms with van der Waals surface area (Å²) in [7, 11) is 0. The van der Waals surface area contributed by atoms with Crippen molar-refractivity contribution in [2.75, 3.05) is 0 Å². The minimum Gasteiger partial charge on any atom is -0.321 e. The Kier molecular flexibility index (Phi) is 4.05. The molecule has 0 saturated heterocycles. The van der Waals surface area contributed by atoms with Crippen LogP contribution in [0.5, 0.6) is 0 Å². The van der Waals surface area contributed by atoms with Crippen LogP contribution < -0.4 is 5.73 Å². The SMILES string of the molecule is CCCCC(N)C(=O)c1cccc2ncccc12. The van der Waals surface area contributed by atoms with E-state index in [9.17, 15) is 4.79 Å². The first-order chi connectivity index (χ1) is 8.74. The van der Waals surface area contributed by atoms with Crippen molar-refractivity contribution in [3.05, 3.63) is 42.1 Å². The number of rotatable bonds is 5. The Hall–Kier alpha value is -1.74. The van der Waals surface area contributed by atoms with Gasteiger partial charge in [0.05, 0.1) is 11.6 Å². The Bertz CT molecular complexity index is 546. The molecular formula is C15H18N2O. The smallest absolute Gasteiger partial charge is 0.180 e. The molecule has 1 atom stereocenters. The lowest BCUT2D eigenvalue weighted by atomic mass is 9.97. The third-order valence-electron chi connectivity index (χ3n) is 3.12. The van der Waals surface area contributed by atoms with Gasteiger partial charge >= 0.3 is 0 Å². The third-order valence-corrected chi connectivity index (χ3v) is 3.12. The fourth-order valence-electron chi connectivity index (χ4n) is 2.07. The first-order valence-corrected chi connectivity index (χ1v) is 6.37. The van der Waals surface area contributed by atoms with Gasteiger partial charge in [-0.3, -0.25) is 9.78 Å². The Balaban J connectivity index is 2.33. The molecule has 1 aromatic heterocycles. The summed E-state index contributed by atoms with van der Waals surface area (Å²) in [6, 6.07) is 8.95. The number of benzene rings is 1. The molecule has 1 unspecified atom stereocenters. The van der Waals surface area contributed by atoms with Gasteiger partial charge < -0.3 is 5.73 Å². The van der Waals surface area contributed by atoms with Crippen LogP contribution in [0.2, 0.25) is 0 Å². The summed E-state index contributed by atoms with van der Waals surface area (Å²) in [5.74, 6) is 0.0158. The minimum atomic E-state index is -0.407. The molecule has 1 aromatic carbocycles. The third kappa shape index (κ3) is 2.57. The monoisotopic (exact) mass is 242 g/mol. The summed E-state index contributed by atoms with van der Waals surface area (Å²) >= 11 is 0. The zero-order valence-electron chi connectivity index (χ0n) is 10.6. The molecule has 3 nitrogen and oxygen atoms in total. The largest absolute Gasteiger partial charge is 0.321 e. The molecule has 3 heteroatoms. The van der Waals surface area contributed by atoms with Crippen LogP contribution in [0.4, 0.5) is 0 Å². The standard InChI is InChI=1S/C15H18N2O/c1-2-3-8-13(16)15(18)12-6-4-9-14-11(12)7-5-10-17-14/h4-7,9-10,13H,2-3,8,16H2,1H3. The van der Waals surface area contributed by atoms with Gasteiger partial charge in [-0.1, -0.05) is 38.0 Å². The molecule has 18 heavy (non-hydrogen) atoms. The highest BCUT2D eigenvalue weighted by Crippen LogP contribution is 2.18. The molecular weight excluding hydrogens is 224 g/mol. The lowest BCUT2D eigenvalue weighted by molar-refractivity contribution is 0.0958. The Labute approximate surface area is 107 Å². The Morgan fingerprint density at radius 3 is 2.94 bits per heavy atom. The molecule has 0 spiro atoms. The van der Waals surface area contributed by atoms with Crippen molar-refractivity contribution < 1.29 is 4.79 Å². The number of unbranched alkanes of at least 4 members (excludes halogenated alkanes) is 1. The average Bonchev–Trinajstić information content (AvgIpc) is 2.43. The van der Waals surface area contributed by atoms with E-state index in [0.29, 0.717) is 5.56 Å². The molecule has 0 aliphatic rings. The maximum Gasteiger partial charge on any atom is 0.180 e. The second-order valence-corrected chi connectivity index (χ2v) is 4.49. The Morgan fingerprint density at radius 2 is 2.17 bits per heavy atom. The van der Waals surface area contributed by atoms with Gasteiger partial charge in [-0.25, -0.2) is 0 Å². The van der Waals surface area contributed by atoms with Crippen molar-refractivity contribution in [1.82, 2.24) is 4.98 Å². The fourth-order valence-corrected chi connectivity index (χ4v) is 2.07. The molecule has 94 valence electrons. The summed E-state index contributed by atoms with van der Waals surface area (Å²) in [6.45, 7) is 2.10. The lowest BCUT2D eigenvalue weighted by Gasteiger charge is -2.11. The van der Waals surface area contributed by atoms with Gasteiger partial charge in [-0.15, -0.1) is 0 Å². The van der Waals surface area contributed by atoms with Crippen LogP contribution in [0.3, 0.4) is 0 Å². The van der Waals surface area contributed by atoms with Gasteiger partial charge in [0.2, 0.25) is 0 Å². The molecule has 0 radical (unpaired) electrons. The number of hydrogen-bond acceptors (Lipinski definition) is 3. The number of aromatic nitrogens is 1. The van der Waals surface area contributed by atoms with Crippen molar-refractivity contribution in [2.45, 2.75) is 32.2 Å². The number of carbonyl (C=O) groups is 1. The number of carbonyl (C=O) groups excluding carboxylic acids is 1. The highest BCUT2D eigenvalue weighted by molar-refractivity contribution is 6.09. The molecule has 2 rings (SSSR count). The van der Waals surface area contributed by atoms with Gasteiger partial charge in [-0.05, 0) is 18.6 Å². The van der Waals surface area contributed by atoms with Gasteiger partial charge in [-0.2, -0.15) is 0 Å². The van der Waals surface area contributed by atoms with E-state index in [1.165, 1.54) is 0 Å². The number of hydrogen-bond donors (Lipinski definition) is 1. The highest BCUT2D eigenvalue weighted by atomic mass is 16.1. The quantitative estimate of drug-likeness (QED) is 0.820. The maximum atomic E-state index is 12.3. The van der Waals surface area contributed by atoms with Crippen LogP contribution in [0.1, 0.15) is 36.5 Å². The van der Waals surface area contributed by atoms with E-state index < -0.39 is 6.04 Å². The zero-order chi connectivity index (χ0) is 13.0. The van der Waals surface area contributed by atoms with Crippen molar-refractivity contribution in [3.8, 4) is 0 Å². The number of pyridine rings is 1. The fraction of sp³-hybridized carbons (Fsp3) is 0.333. The highest BCUT2D eigenvalue weighted by Gasteiger charge is 2.17. The predicted octanol–water partition coefficient (Wildman–Crippen LogP) is 2.94. The molecule has 0 aliphatic carbocycles. The van der Waals surface area contributed by atoms with Crippen LogP contribution in [0.15, 0.2) is 36.5 Å². The van der Waals surface area contributed by atoms with Crippen LogP contribution in [0.25, 0.3) is 10.9 Å². The van der Waals surface area contributed by atoms with Crippen LogP contribution in [-0.4, -0.2) is 16.8 Å². The van der Waals surface area contributed by atoms with Crippen molar-refractivity contribution in [1.29, 1.82) is 0 Å². The number of nitrogens with two attached hydrogens (primary N) is 1. The zero-order valence-corrected chi connectivity index (χ0v) is 10.6. The van der Waals surface area contributed by atoms with Crippen LogP contribution >= 0.6 is 0 Å². The summed E-state index contributed by atoms with van der Waals surface area (Å²) in [6.07, 6.45) is 4.51. The van der Waals surface area contributed by atoms with Gasteiger partial charge in [0.15, 0.2) is 5.78 Å². The van der Waals surface area contributed by atoms with Crippen molar-refractivity contribution >= 4 is 16.7 Å². The van der Waals surface area contributed by atoms with E-state index in [-0.39, 0.29) is 5.78 Å². The van der Waals surface area contributed by atoms with E-state index in [1.807, 2.05) is 30.3 Å². The topological polar surface area (TPSA) is 56.0 Å². The van der Waals surface area contributed by atoms with E-state index in [2.05, 4.69) is 11.9 Å². The van der Waals surface area contributed by atoms with Crippen molar-refractivity contribution in [3.63, 3.8) is 0 Å². The molecule has 0 amide bonds. The first kappa shape index (κ1) is 12.7. The number of Topliss-reactive ketones (excluding diaryl/α,β-unsaturated/α-hetero) is 1. The minimum absolute atomic E-state index is 0.0158. The molecule has 0 aliphatic heterocycles. The molecule has 2 aromatic rings. The lowest BCUT2D eigenvalue weighted by Crippen LogP contribution is -2.30. The molecule has 0 bridgehead atoms. The predicted molar refractivity (Wildman–Crippen MR) is 73.6 cm³/mol. The van der Waals surface area contributed by atoms with E-state index in [4.69, 9.17) is 5.73 Å². The molecule has 0 fully saturated rings. The van der Waals surface area contributed by atoms with E-state index in [0.717, 1.165) is 30.2 Å². The van der Waals surface area contributed by atoms with Crippen molar-refractivity contribution in [2.24, 2.45) is 5.73 Å². The Morgan fingerprint density at radius 1 is 1.33 bits per heavy atom. The number of ketones is 1. The van der Waals surface area contributed by atoms with E-state index >= 15 is 0 Å². The van der Waals surface area contributed by atoms with E-state index in [1.54, 1.807) is 6.20 Å². The summed E-state index contributed by atoms with van der Waals surface area (Å²) in [5, 5.41) is 0.886. The van der Waals surface area contributed by atoms with Gasteiger partial charge in [0.25, 0.3) is 0 Å². The molecule has 2 N–H and O–H groups in total. The second kappa shape index (κ2) is 5.74. The average molecular weight is 242 g/mol. The summed E-state index contributed by atoms with van der Waals surface area (Å²) < 4.78 is 0. The first-order valence-electron chi connectivity index (χ1n) is 6.37. The molecule has 0 saturated carbocycles. The molecule has 1 heterocycles. The van der Waals surface area contributed by atoms with Gasteiger partial charge in [0, 0.05) is 17.1 Å². The second-order valence-electron chi connectivity index (χ2n) is 4.49. The van der Waals surface area contributed by atoms with Crippen LogP contribution in [-0.2, 0) is 0 Å². The summed E-state index contributed by atoms with van der Waals surface area (Å²) in [5.41, 5.74) is 7.48. The summed E-state index contributed by atoms with van der Waals surface area (Å²) in [4.78, 5) is 16.6. The normalized spacial score (nSPS) is 12.6. The van der Waals surface area contributed by atoms with Crippen LogP contribution in [0, 0.1) is 0 Å². The number of fused-ring (bicyclic) bond motifs is 1. The number of nitrogens with zero attached hydrogens (tertiary/aromatic N) is 1. The van der Waals surface area contributed by atoms with Gasteiger partial charge in [0.1, 0.15) is 0 Å². The maximum absolute atomic E-state index is 12.3.